The number of rotatable bonds is 9. The zero-order valence-electron chi connectivity index (χ0n) is 15.5. The number of aliphatic hydroxyl groups excluding tert-OH is 1. The molecule has 5 atom stereocenters. The highest BCUT2D eigenvalue weighted by Crippen LogP contribution is 2.66. The second-order valence-electron chi connectivity index (χ2n) is 6.20. The number of hydrogen-bond acceptors (Lipinski definition) is 9. The fraction of sp³-hybridized carbons (Fsp3) is 0.538. The van der Waals surface area contributed by atoms with E-state index in [4.69, 9.17) is 24.2 Å². The van der Waals surface area contributed by atoms with E-state index in [-0.39, 0.29) is 12.0 Å². The van der Waals surface area contributed by atoms with Crippen molar-refractivity contribution in [1.82, 2.24) is 0 Å². The van der Waals surface area contributed by atoms with Gasteiger partial charge in [-0.05, 0) is 24.6 Å². The van der Waals surface area contributed by atoms with Gasteiger partial charge < -0.3 is 34.2 Å². The third kappa shape index (κ3) is 7.16. The third-order valence-electron chi connectivity index (χ3n) is 3.90. The molecule has 0 radical (unpaired) electrons. The summed E-state index contributed by atoms with van der Waals surface area (Å²) in [5, 5.41) is 10.1. The molecule has 0 spiro atoms. The summed E-state index contributed by atoms with van der Waals surface area (Å²) in [4.78, 5) is 35.5. The standard InChI is InChI=1S/C13H20FO13P3/c1-7-3-11(23-2)8(4-9(7)14)12-5-10(15)13(25-12)6-24-29(19,20)27-30(21,22)26-28(16,17)18/h3-4,10,12-13,15H,5-6H2,1-2H3,(H,19,20)(H,21,22)(H2,16,17,18)/t10?,12-,13-/m1/s1. The van der Waals surface area contributed by atoms with Crippen LogP contribution in [-0.2, 0) is 31.6 Å². The van der Waals surface area contributed by atoms with Crippen LogP contribution in [0.25, 0.3) is 0 Å². The lowest BCUT2D eigenvalue weighted by Gasteiger charge is -2.20. The molecule has 0 aromatic heterocycles. The van der Waals surface area contributed by atoms with Crippen molar-refractivity contribution in [1.29, 1.82) is 0 Å². The summed E-state index contributed by atoms with van der Waals surface area (Å²) >= 11 is 0. The van der Waals surface area contributed by atoms with Gasteiger partial charge >= 0.3 is 23.5 Å². The number of aryl methyl sites for hydroxylation is 1. The van der Waals surface area contributed by atoms with E-state index in [0.29, 0.717) is 11.3 Å². The normalized spacial score (nSPS) is 26.2. The molecule has 1 heterocycles. The number of phosphoric ester groups is 1. The van der Waals surface area contributed by atoms with Crippen molar-refractivity contribution in [2.45, 2.75) is 31.7 Å². The molecule has 5 N–H and O–H groups in total. The smallest absolute Gasteiger partial charge is 0.490 e. The van der Waals surface area contributed by atoms with Crippen LogP contribution in [0.1, 0.15) is 23.7 Å². The number of halogens is 1. The molecule has 1 aromatic rings. The number of aliphatic hydroxyl groups is 1. The van der Waals surface area contributed by atoms with Crippen LogP contribution in [-0.4, -0.2) is 50.6 Å². The molecule has 0 aliphatic carbocycles. The van der Waals surface area contributed by atoms with Gasteiger partial charge in [0.25, 0.3) is 0 Å². The van der Waals surface area contributed by atoms with Gasteiger partial charge in [0.15, 0.2) is 0 Å². The quantitative estimate of drug-likeness (QED) is 0.310. The Bertz CT molecular complexity index is 918. The molecule has 0 amide bonds. The van der Waals surface area contributed by atoms with Gasteiger partial charge in [0.05, 0.1) is 25.9 Å². The van der Waals surface area contributed by atoms with Crippen molar-refractivity contribution >= 4 is 23.5 Å². The highest BCUT2D eigenvalue weighted by atomic mass is 31.3. The van der Waals surface area contributed by atoms with Gasteiger partial charge in [-0.15, -0.1) is 0 Å². The largest absolute Gasteiger partial charge is 0.496 e. The van der Waals surface area contributed by atoms with E-state index in [1.807, 2.05) is 0 Å². The maximum absolute atomic E-state index is 13.9. The first-order chi connectivity index (χ1) is 13.6. The van der Waals surface area contributed by atoms with Crippen molar-refractivity contribution < 1.29 is 65.4 Å². The predicted octanol–water partition coefficient (Wildman–Crippen LogP) is 1.68. The monoisotopic (exact) mass is 496 g/mol. The van der Waals surface area contributed by atoms with Crippen LogP contribution in [0.5, 0.6) is 5.75 Å². The Morgan fingerprint density at radius 2 is 1.77 bits per heavy atom. The van der Waals surface area contributed by atoms with Crippen LogP contribution in [0.15, 0.2) is 12.1 Å². The molecular formula is C13H20FO13P3. The third-order valence-corrected chi connectivity index (χ3v) is 7.70. The maximum atomic E-state index is 13.9. The minimum atomic E-state index is -5.66. The SMILES string of the molecule is COc1cc(C)c(F)cc1[C@H]1CC(O)[C@@H](COP(=O)(O)OP(=O)(O)OP(=O)(O)O)O1. The molecule has 17 heteroatoms. The molecule has 1 aliphatic rings. The average Bonchev–Trinajstić information content (AvgIpc) is 2.92. The summed E-state index contributed by atoms with van der Waals surface area (Å²) in [5.41, 5.74) is 0.596. The summed E-state index contributed by atoms with van der Waals surface area (Å²) in [7, 11) is -15.2. The van der Waals surface area contributed by atoms with Crippen LogP contribution in [0, 0.1) is 12.7 Å². The molecule has 1 aromatic carbocycles. The van der Waals surface area contributed by atoms with E-state index >= 15 is 0 Å². The minimum Gasteiger partial charge on any atom is -0.496 e. The summed E-state index contributed by atoms with van der Waals surface area (Å²) in [6.45, 7) is 0.704. The molecule has 30 heavy (non-hydrogen) atoms. The van der Waals surface area contributed by atoms with E-state index in [1.54, 1.807) is 0 Å². The van der Waals surface area contributed by atoms with Gasteiger partial charge in [0.2, 0.25) is 0 Å². The maximum Gasteiger partial charge on any atom is 0.490 e. The van der Waals surface area contributed by atoms with Gasteiger partial charge in [-0.1, -0.05) is 0 Å². The number of methoxy groups -OCH3 is 1. The van der Waals surface area contributed by atoms with Gasteiger partial charge in [0.1, 0.15) is 17.7 Å². The highest BCUT2D eigenvalue weighted by Gasteiger charge is 2.43. The topological polar surface area (TPSA) is 199 Å². The Labute approximate surface area is 169 Å². The minimum absolute atomic E-state index is 0.0523. The Kier molecular flexibility index (Phi) is 8.02. The predicted molar refractivity (Wildman–Crippen MR) is 95.7 cm³/mol. The molecule has 2 rings (SSSR count). The number of hydrogen-bond donors (Lipinski definition) is 5. The van der Waals surface area contributed by atoms with Crippen LogP contribution in [0.2, 0.25) is 0 Å². The Morgan fingerprint density at radius 3 is 2.33 bits per heavy atom. The summed E-state index contributed by atoms with van der Waals surface area (Å²) in [6, 6.07) is 2.59. The fourth-order valence-corrected chi connectivity index (χ4v) is 5.68. The van der Waals surface area contributed by atoms with Crippen molar-refractivity contribution in [2.75, 3.05) is 13.7 Å². The van der Waals surface area contributed by atoms with Gasteiger partial charge in [-0.3, -0.25) is 4.52 Å². The molecule has 0 saturated carbocycles. The zero-order chi connectivity index (χ0) is 22.9. The number of benzene rings is 1. The van der Waals surface area contributed by atoms with E-state index in [1.165, 1.54) is 20.1 Å². The van der Waals surface area contributed by atoms with Crippen LogP contribution < -0.4 is 4.74 Å². The van der Waals surface area contributed by atoms with Crippen molar-refractivity contribution in [3.8, 4) is 5.75 Å². The van der Waals surface area contributed by atoms with Gasteiger partial charge in [0, 0.05) is 12.0 Å². The number of phosphoric acid groups is 3. The average molecular weight is 496 g/mol. The molecule has 1 saturated heterocycles. The lowest BCUT2D eigenvalue weighted by atomic mass is 10.0. The second kappa shape index (κ2) is 9.41. The molecule has 13 nitrogen and oxygen atoms in total. The molecule has 172 valence electrons. The summed E-state index contributed by atoms with van der Waals surface area (Å²) in [5.74, 6) is -0.250. The Morgan fingerprint density at radius 1 is 1.13 bits per heavy atom. The summed E-state index contributed by atoms with van der Waals surface area (Å²) in [6.07, 6.45) is -3.38. The second-order valence-corrected chi connectivity index (χ2v) is 10.6. The first kappa shape index (κ1) is 25.5. The number of ether oxygens (including phenoxy) is 2. The van der Waals surface area contributed by atoms with Crippen LogP contribution >= 0.6 is 23.5 Å². The summed E-state index contributed by atoms with van der Waals surface area (Å²) < 4.78 is 69.9. The van der Waals surface area contributed by atoms with E-state index in [0.717, 1.165) is 6.07 Å². The molecule has 1 fully saturated rings. The Balaban J connectivity index is 2.04. The highest BCUT2D eigenvalue weighted by molar-refractivity contribution is 7.66. The van der Waals surface area contributed by atoms with E-state index in [9.17, 15) is 28.1 Å². The van der Waals surface area contributed by atoms with Crippen LogP contribution in [0.3, 0.4) is 0 Å². The fourth-order valence-electron chi connectivity index (χ4n) is 2.65. The van der Waals surface area contributed by atoms with Gasteiger partial charge in [-0.2, -0.15) is 8.62 Å². The van der Waals surface area contributed by atoms with Gasteiger partial charge in [-0.25, -0.2) is 18.1 Å². The Hall–Kier alpha value is -0.720. The van der Waals surface area contributed by atoms with E-state index in [2.05, 4.69) is 13.1 Å². The van der Waals surface area contributed by atoms with Crippen molar-refractivity contribution in [3.63, 3.8) is 0 Å². The molecule has 3 unspecified atom stereocenters. The molecular weight excluding hydrogens is 476 g/mol. The van der Waals surface area contributed by atoms with E-state index < -0.39 is 54.2 Å². The first-order valence-corrected chi connectivity index (χ1v) is 12.6. The van der Waals surface area contributed by atoms with Crippen molar-refractivity contribution in [2.24, 2.45) is 0 Å². The molecule has 0 bridgehead atoms. The molecule has 1 aliphatic heterocycles. The van der Waals surface area contributed by atoms with Crippen molar-refractivity contribution in [3.05, 3.63) is 29.1 Å². The van der Waals surface area contributed by atoms with Crippen LogP contribution in [0.4, 0.5) is 4.39 Å². The lowest BCUT2D eigenvalue weighted by molar-refractivity contribution is -0.0226. The first-order valence-electron chi connectivity index (χ1n) is 8.08. The zero-order valence-corrected chi connectivity index (χ0v) is 18.2. The lowest BCUT2D eigenvalue weighted by Crippen LogP contribution is -2.26.